The number of H-pyrrole nitrogens is 1. The van der Waals surface area contributed by atoms with Crippen LogP contribution in [0.25, 0.3) is 16.9 Å². The van der Waals surface area contributed by atoms with Gasteiger partial charge < -0.3 is 4.74 Å². The maximum absolute atomic E-state index is 13.3. The van der Waals surface area contributed by atoms with Gasteiger partial charge in [0.05, 0.1) is 29.8 Å². The fraction of sp³-hybridized carbons (Fsp3) is 0.0870. The van der Waals surface area contributed by atoms with Gasteiger partial charge in [0.25, 0.3) is 5.56 Å². The molecule has 0 aliphatic carbocycles. The number of nitrogens with zero attached hydrogens (tertiary/aromatic N) is 3. The van der Waals surface area contributed by atoms with Gasteiger partial charge in [-0.3, -0.25) is 9.89 Å². The van der Waals surface area contributed by atoms with E-state index in [4.69, 9.17) is 4.74 Å². The van der Waals surface area contributed by atoms with Gasteiger partial charge in [0.1, 0.15) is 5.75 Å². The second-order valence-corrected chi connectivity index (χ2v) is 6.45. The van der Waals surface area contributed by atoms with Crippen LogP contribution < -0.4 is 10.3 Å². The lowest BCUT2D eigenvalue weighted by Crippen LogP contribution is -2.19. The van der Waals surface area contributed by atoms with Gasteiger partial charge in [0, 0.05) is 11.8 Å². The van der Waals surface area contributed by atoms with Crippen molar-refractivity contribution in [2.75, 3.05) is 7.11 Å². The van der Waals surface area contributed by atoms with Crippen molar-refractivity contribution in [3.8, 4) is 22.7 Å². The van der Waals surface area contributed by atoms with Crippen LogP contribution in [0.2, 0.25) is 0 Å². The standard InChI is InChI=1S/C23H20N4O2/c1-16(25-20-10-6-7-15-24-20)21-22(17-11-13-19(29-2)14-12-17)26-27(23(21)28)18-8-4-3-5-9-18/h3-15,26H,1-2H3. The number of aromatic nitrogens is 3. The lowest BCUT2D eigenvalue weighted by molar-refractivity contribution is 0.415. The molecule has 2 aromatic heterocycles. The highest BCUT2D eigenvalue weighted by Gasteiger charge is 2.19. The Morgan fingerprint density at radius 1 is 1.00 bits per heavy atom. The zero-order valence-corrected chi connectivity index (χ0v) is 16.2. The highest BCUT2D eigenvalue weighted by Crippen LogP contribution is 2.25. The van der Waals surface area contributed by atoms with Crippen LogP contribution in [0.3, 0.4) is 0 Å². The summed E-state index contributed by atoms with van der Waals surface area (Å²) < 4.78 is 6.78. The summed E-state index contributed by atoms with van der Waals surface area (Å²) in [7, 11) is 1.62. The fourth-order valence-corrected chi connectivity index (χ4v) is 3.15. The van der Waals surface area contributed by atoms with Gasteiger partial charge in [-0.25, -0.2) is 14.7 Å². The molecule has 0 amide bonds. The van der Waals surface area contributed by atoms with E-state index in [1.807, 2.05) is 73.7 Å². The molecule has 2 heterocycles. The average molecular weight is 384 g/mol. The fourth-order valence-electron chi connectivity index (χ4n) is 3.15. The molecule has 144 valence electrons. The Labute approximate surface area is 168 Å². The molecule has 2 aromatic carbocycles. The van der Waals surface area contributed by atoms with Gasteiger partial charge in [-0.05, 0) is 55.5 Å². The molecule has 0 radical (unpaired) electrons. The molecule has 4 rings (SSSR count). The van der Waals surface area contributed by atoms with Crippen molar-refractivity contribution in [1.82, 2.24) is 14.8 Å². The molecule has 0 saturated heterocycles. The molecular weight excluding hydrogens is 364 g/mol. The molecule has 0 saturated carbocycles. The van der Waals surface area contributed by atoms with Crippen LogP contribution in [0.5, 0.6) is 5.75 Å². The van der Waals surface area contributed by atoms with E-state index >= 15 is 0 Å². The Bertz CT molecular complexity index is 1190. The van der Waals surface area contributed by atoms with Crippen molar-refractivity contribution < 1.29 is 4.74 Å². The number of benzene rings is 2. The third kappa shape index (κ3) is 3.73. The van der Waals surface area contributed by atoms with Crippen LogP contribution in [0.4, 0.5) is 5.82 Å². The molecule has 1 N–H and O–H groups in total. The number of hydrogen-bond donors (Lipinski definition) is 1. The summed E-state index contributed by atoms with van der Waals surface area (Å²) >= 11 is 0. The molecule has 0 fully saturated rings. The van der Waals surface area contributed by atoms with Gasteiger partial charge >= 0.3 is 0 Å². The first-order chi connectivity index (χ1) is 14.2. The van der Waals surface area contributed by atoms with Gasteiger partial charge in [-0.2, -0.15) is 0 Å². The molecule has 29 heavy (non-hydrogen) atoms. The zero-order chi connectivity index (χ0) is 20.2. The highest BCUT2D eigenvalue weighted by molar-refractivity contribution is 6.04. The minimum atomic E-state index is -0.167. The lowest BCUT2D eigenvalue weighted by Gasteiger charge is -2.05. The topological polar surface area (TPSA) is 72.3 Å². The minimum absolute atomic E-state index is 0.167. The molecule has 0 aliphatic rings. The highest BCUT2D eigenvalue weighted by atomic mass is 16.5. The monoisotopic (exact) mass is 384 g/mol. The van der Waals surface area contributed by atoms with Gasteiger partial charge in [0.15, 0.2) is 5.82 Å². The molecule has 0 bridgehead atoms. The molecule has 6 heteroatoms. The second kappa shape index (κ2) is 7.98. The predicted octanol–water partition coefficient (Wildman–Crippen LogP) is 4.38. The molecule has 0 atom stereocenters. The summed E-state index contributed by atoms with van der Waals surface area (Å²) in [6, 6.07) is 22.5. The minimum Gasteiger partial charge on any atom is -0.497 e. The Kier molecular flexibility index (Phi) is 5.07. The summed E-state index contributed by atoms with van der Waals surface area (Å²) in [6.07, 6.45) is 1.68. The van der Waals surface area contributed by atoms with E-state index in [0.29, 0.717) is 22.8 Å². The van der Waals surface area contributed by atoms with Crippen LogP contribution in [0.15, 0.2) is 88.8 Å². The largest absolute Gasteiger partial charge is 0.497 e. The van der Waals surface area contributed by atoms with Crippen LogP contribution in [0.1, 0.15) is 12.5 Å². The Morgan fingerprint density at radius 2 is 1.72 bits per heavy atom. The first-order valence-corrected chi connectivity index (χ1v) is 9.19. The normalized spacial score (nSPS) is 11.4. The van der Waals surface area contributed by atoms with Crippen molar-refractivity contribution in [3.05, 3.63) is 94.9 Å². The number of hydrogen-bond acceptors (Lipinski definition) is 4. The molecule has 4 aromatic rings. The van der Waals surface area contributed by atoms with Crippen LogP contribution in [0, 0.1) is 0 Å². The Morgan fingerprint density at radius 3 is 2.38 bits per heavy atom. The SMILES string of the molecule is COc1ccc(-c2[nH]n(-c3ccccc3)c(=O)c2C(C)=Nc2ccccn2)cc1. The number of para-hydroxylation sites is 1. The molecule has 6 nitrogen and oxygen atoms in total. The summed E-state index contributed by atoms with van der Waals surface area (Å²) in [5.41, 5.74) is 3.24. The van der Waals surface area contributed by atoms with Crippen LogP contribution in [-0.4, -0.2) is 27.6 Å². The average Bonchev–Trinajstić information content (AvgIpc) is 3.12. The van der Waals surface area contributed by atoms with Crippen LogP contribution in [-0.2, 0) is 0 Å². The third-order valence-electron chi connectivity index (χ3n) is 4.58. The predicted molar refractivity (Wildman–Crippen MR) is 114 cm³/mol. The number of aromatic amines is 1. The number of rotatable bonds is 5. The third-order valence-corrected chi connectivity index (χ3v) is 4.58. The Hall–Kier alpha value is -3.93. The van der Waals surface area contributed by atoms with Gasteiger partial charge in [-0.15, -0.1) is 0 Å². The Balaban J connectivity index is 1.91. The number of nitrogens with one attached hydrogen (secondary N) is 1. The quantitative estimate of drug-likeness (QED) is 0.519. The summed E-state index contributed by atoms with van der Waals surface area (Å²) in [5, 5.41) is 3.25. The first-order valence-electron chi connectivity index (χ1n) is 9.19. The molecule has 0 aliphatic heterocycles. The van der Waals surface area contributed by atoms with Gasteiger partial charge in [0.2, 0.25) is 0 Å². The lowest BCUT2D eigenvalue weighted by atomic mass is 10.1. The van der Waals surface area contributed by atoms with Crippen LogP contribution >= 0.6 is 0 Å². The molecule has 0 unspecified atom stereocenters. The van der Waals surface area contributed by atoms with E-state index in [9.17, 15) is 4.79 Å². The van der Waals surface area contributed by atoms with E-state index < -0.39 is 0 Å². The van der Waals surface area contributed by atoms with Gasteiger partial charge in [-0.1, -0.05) is 24.3 Å². The smallest absolute Gasteiger partial charge is 0.280 e. The maximum Gasteiger partial charge on any atom is 0.280 e. The summed E-state index contributed by atoms with van der Waals surface area (Å²) in [6.45, 7) is 1.82. The van der Waals surface area contributed by atoms with Crippen molar-refractivity contribution in [3.63, 3.8) is 0 Å². The number of aliphatic imine (C=N–C) groups is 1. The van der Waals surface area contributed by atoms with E-state index in [1.54, 1.807) is 19.4 Å². The number of ether oxygens (including phenoxy) is 1. The summed E-state index contributed by atoms with van der Waals surface area (Å²) in [5.74, 6) is 1.30. The maximum atomic E-state index is 13.3. The van der Waals surface area contributed by atoms with Crippen molar-refractivity contribution >= 4 is 11.5 Å². The molecule has 0 spiro atoms. The van der Waals surface area contributed by atoms with E-state index in [-0.39, 0.29) is 5.56 Å². The van der Waals surface area contributed by atoms with Crippen molar-refractivity contribution in [2.45, 2.75) is 6.92 Å². The van der Waals surface area contributed by atoms with Crippen molar-refractivity contribution in [2.24, 2.45) is 4.99 Å². The van der Waals surface area contributed by atoms with E-state index in [0.717, 1.165) is 17.0 Å². The zero-order valence-electron chi connectivity index (χ0n) is 16.2. The molecular formula is C23H20N4O2. The summed E-state index contributed by atoms with van der Waals surface area (Å²) in [4.78, 5) is 22.1. The second-order valence-electron chi connectivity index (χ2n) is 6.45. The van der Waals surface area contributed by atoms with E-state index in [2.05, 4.69) is 15.1 Å². The van der Waals surface area contributed by atoms with E-state index in [1.165, 1.54) is 4.68 Å². The number of methoxy groups -OCH3 is 1. The van der Waals surface area contributed by atoms with Crippen molar-refractivity contribution in [1.29, 1.82) is 0 Å². The number of pyridine rings is 1. The first kappa shape index (κ1) is 18.4.